The van der Waals surface area contributed by atoms with E-state index in [1.54, 1.807) is 0 Å². The number of carbonyl (C=O) groups excluding carboxylic acids is 5. The fourth-order valence-corrected chi connectivity index (χ4v) is 10.7. The summed E-state index contributed by atoms with van der Waals surface area (Å²) in [5.41, 5.74) is 4.41. The van der Waals surface area contributed by atoms with E-state index in [1.165, 1.54) is 50.2 Å². The van der Waals surface area contributed by atoms with Gasteiger partial charge in [-0.05, 0) is 36.8 Å². The molecule has 1 aliphatic rings. The summed E-state index contributed by atoms with van der Waals surface area (Å²) in [5.74, 6) is -1.78. The number of aliphatic hydroxyl groups is 2. The first-order chi connectivity index (χ1) is 35.0. The molecule has 5 rings (SSSR count). The number of aromatic nitrogens is 4. The Hall–Kier alpha value is -4.39. The van der Waals surface area contributed by atoms with Crippen molar-refractivity contribution < 1.29 is 94.8 Å². The molecule has 2 aromatic carbocycles. The number of imidazole rings is 1. The highest BCUT2D eigenvalue weighted by atomic mass is 35.5. The van der Waals surface area contributed by atoms with Crippen LogP contribution >= 0.6 is 70.0 Å². The van der Waals surface area contributed by atoms with Gasteiger partial charge in [-0.15, -0.1) is 0 Å². The van der Waals surface area contributed by atoms with E-state index < -0.39 is 96.5 Å². The SMILES string of the molecule is CC(C)(COP(=O)(O)OP(=O)(O)OCC1OC(n2cnc3c(N)ncnc32)C(O)C1OP(=O)(O)O)C(O)C(=O)NCCC(=O)NCCSC(=O)CCCOc1ccc(NC(=O)NC(=O)c2ccc(Cl)cc2Cl)c(Cl)c1. The van der Waals surface area contributed by atoms with Crippen LogP contribution in [0.2, 0.25) is 15.1 Å². The summed E-state index contributed by atoms with van der Waals surface area (Å²) in [6, 6.07) is 7.71. The molecule has 12 N–H and O–H groups in total. The van der Waals surface area contributed by atoms with Gasteiger partial charge in [-0.1, -0.05) is 60.4 Å². The Morgan fingerprint density at radius 3 is 2.35 bits per heavy atom. The largest absolute Gasteiger partial charge is 0.494 e. The molecule has 412 valence electrons. The van der Waals surface area contributed by atoms with Crippen LogP contribution in [0.3, 0.4) is 0 Å². The van der Waals surface area contributed by atoms with Crippen molar-refractivity contribution in [2.24, 2.45) is 5.41 Å². The van der Waals surface area contributed by atoms with E-state index in [0.29, 0.717) is 17.2 Å². The van der Waals surface area contributed by atoms with Crippen molar-refractivity contribution >= 4 is 122 Å². The van der Waals surface area contributed by atoms with Gasteiger partial charge in [-0.25, -0.2) is 33.4 Å². The molecule has 5 amide bonds. The van der Waals surface area contributed by atoms with E-state index in [1.807, 2.05) is 0 Å². The van der Waals surface area contributed by atoms with Gasteiger partial charge in [0, 0.05) is 48.2 Å². The van der Waals surface area contributed by atoms with Gasteiger partial charge in [0.1, 0.15) is 42.0 Å². The molecule has 1 aliphatic heterocycles. The number of rotatable bonds is 26. The number of benzene rings is 2. The minimum absolute atomic E-state index is 0.0130. The summed E-state index contributed by atoms with van der Waals surface area (Å²) in [6.07, 6.45) is -6.69. The lowest BCUT2D eigenvalue weighted by Gasteiger charge is -2.30. The lowest BCUT2D eigenvalue weighted by atomic mass is 9.87. The number of fused-ring (bicyclic) bond motifs is 1. The van der Waals surface area contributed by atoms with Crippen LogP contribution in [0.15, 0.2) is 49.1 Å². The zero-order valence-electron chi connectivity index (χ0n) is 39.0. The van der Waals surface area contributed by atoms with Gasteiger partial charge in [-0.2, -0.15) is 4.31 Å². The van der Waals surface area contributed by atoms with E-state index in [0.717, 1.165) is 29.0 Å². The molecule has 1 fully saturated rings. The first-order valence-corrected chi connectivity index (χ1v) is 28.2. The number of nitrogen functional groups attached to an aromatic ring is 1. The second-order valence-corrected chi connectivity index (χ2v) is 23.1. The smallest absolute Gasteiger partial charge is 0.481 e. The van der Waals surface area contributed by atoms with E-state index >= 15 is 0 Å². The summed E-state index contributed by atoms with van der Waals surface area (Å²) in [6.45, 7) is 0.347. The maximum absolute atomic E-state index is 12.8. The molecule has 0 spiro atoms. The summed E-state index contributed by atoms with van der Waals surface area (Å²) in [7, 11) is -16.5. The molecule has 7 unspecified atom stereocenters. The fourth-order valence-electron chi connectivity index (χ4n) is 6.46. The Labute approximate surface area is 444 Å². The number of hydrogen-bond acceptors (Lipinski definition) is 21. The fraction of sp³-hybridized carbons (Fsp3) is 0.436. The molecule has 0 saturated carbocycles. The predicted molar refractivity (Wildman–Crippen MR) is 266 cm³/mol. The number of ether oxygens (including phenoxy) is 2. The minimum Gasteiger partial charge on any atom is -0.494 e. The summed E-state index contributed by atoms with van der Waals surface area (Å²) in [4.78, 5) is 113. The number of anilines is 2. The molecule has 75 heavy (non-hydrogen) atoms. The molecule has 0 aliphatic carbocycles. The number of hydrogen-bond donors (Lipinski definition) is 11. The first-order valence-electron chi connectivity index (χ1n) is 21.6. The summed E-state index contributed by atoms with van der Waals surface area (Å²) < 4.78 is 68.0. The zero-order chi connectivity index (χ0) is 55.5. The molecule has 3 heterocycles. The number of nitrogens with two attached hydrogens (primary N) is 1. The van der Waals surface area contributed by atoms with E-state index in [4.69, 9.17) is 59.1 Å². The van der Waals surface area contributed by atoms with Crippen LogP contribution < -0.4 is 31.7 Å². The Kier molecular flexibility index (Phi) is 21.9. The van der Waals surface area contributed by atoms with Crippen LogP contribution in [-0.4, -0.2) is 141 Å². The quantitative estimate of drug-likeness (QED) is 0.0317. The number of amides is 5. The Balaban J connectivity index is 0.945. The van der Waals surface area contributed by atoms with Crippen molar-refractivity contribution in [2.45, 2.75) is 63.8 Å². The molecule has 0 radical (unpaired) electrons. The number of nitrogens with zero attached hydrogens (tertiary/aromatic N) is 4. The molecule has 2 aromatic heterocycles. The number of phosphoric acid groups is 3. The van der Waals surface area contributed by atoms with Gasteiger partial charge < -0.3 is 60.9 Å². The van der Waals surface area contributed by atoms with Crippen molar-refractivity contribution in [3.8, 4) is 5.75 Å². The van der Waals surface area contributed by atoms with Crippen molar-refractivity contribution in [1.82, 2.24) is 35.5 Å². The monoisotopic (exact) mass is 1190 g/mol. The molecule has 4 aromatic rings. The maximum Gasteiger partial charge on any atom is 0.481 e. The molecule has 0 bridgehead atoms. The van der Waals surface area contributed by atoms with Gasteiger partial charge in [0.05, 0.1) is 47.4 Å². The lowest BCUT2D eigenvalue weighted by Crippen LogP contribution is -2.46. The minimum atomic E-state index is -5.62. The number of imide groups is 1. The van der Waals surface area contributed by atoms with Gasteiger partial charge in [0.15, 0.2) is 22.8 Å². The van der Waals surface area contributed by atoms with Crippen LogP contribution in [0.4, 0.5) is 16.3 Å². The number of aliphatic hydroxyl groups excluding tert-OH is 2. The van der Waals surface area contributed by atoms with Crippen molar-refractivity contribution in [1.29, 1.82) is 0 Å². The number of thioether (sulfide) groups is 1. The topological polar surface area (TPSA) is 431 Å². The van der Waals surface area contributed by atoms with Crippen molar-refractivity contribution in [3.63, 3.8) is 0 Å². The van der Waals surface area contributed by atoms with Crippen LogP contribution in [0, 0.1) is 5.41 Å². The van der Waals surface area contributed by atoms with Crippen molar-refractivity contribution in [2.75, 3.05) is 49.7 Å². The second kappa shape index (κ2) is 26.8. The maximum atomic E-state index is 12.8. The molecular weight excluding hydrogens is 1150 g/mol. The third-order valence-electron chi connectivity index (χ3n) is 10.2. The standard InChI is InChI=1S/C39H49Cl3N9O20P3S/c1-39(2,17-68-74(64,65)71-73(62,63)67-16-26-31(70-72(59,60)61)30(54)37(69-26)51-19-48-29-33(43)46-18-47-34(29)51)32(55)36(57)45-10-9-27(52)44-11-13-75-28(53)4-3-12-66-21-6-8-25(24(42)15-21)49-38(58)50-35(56)22-7-5-20(40)14-23(22)41/h5-8,14-15,18-19,26,30-32,37,54-55H,3-4,9-13,16-17H2,1-2H3,(H,44,52)(H,45,57)(H,62,63)(H,64,65)(H2,43,46,47)(H2,59,60,61)(H2,49,50,56,58). The number of halogens is 3. The number of urea groups is 1. The Bertz CT molecular complexity index is 2890. The van der Waals surface area contributed by atoms with Crippen LogP contribution in [0.5, 0.6) is 5.75 Å². The predicted octanol–water partition coefficient (Wildman–Crippen LogP) is 3.45. The van der Waals surface area contributed by atoms with E-state index in [2.05, 4.69) is 45.1 Å². The van der Waals surface area contributed by atoms with Gasteiger partial charge in [-0.3, -0.25) is 42.6 Å². The Morgan fingerprint density at radius 1 is 0.933 bits per heavy atom. The molecule has 36 heteroatoms. The highest BCUT2D eigenvalue weighted by Crippen LogP contribution is 2.61. The van der Waals surface area contributed by atoms with Gasteiger partial charge in [0.2, 0.25) is 11.8 Å². The number of nitrogens with one attached hydrogen (secondary N) is 4. The zero-order valence-corrected chi connectivity index (χ0v) is 44.8. The average Bonchev–Trinajstić information content (AvgIpc) is 3.88. The van der Waals surface area contributed by atoms with Crippen LogP contribution in [0.1, 0.15) is 49.7 Å². The van der Waals surface area contributed by atoms with Gasteiger partial charge >= 0.3 is 29.5 Å². The van der Waals surface area contributed by atoms with E-state index in [-0.39, 0.29) is 81.7 Å². The molecule has 1 saturated heterocycles. The highest BCUT2D eigenvalue weighted by molar-refractivity contribution is 8.13. The summed E-state index contributed by atoms with van der Waals surface area (Å²) in [5, 5.41) is 31.4. The third-order valence-corrected chi connectivity index (χ3v) is 15.0. The first kappa shape index (κ1) is 61.5. The molecule has 29 nitrogen and oxygen atoms in total. The van der Waals surface area contributed by atoms with Crippen LogP contribution in [0.25, 0.3) is 11.2 Å². The second-order valence-electron chi connectivity index (χ2n) is 16.4. The van der Waals surface area contributed by atoms with Crippen molar-refractivity contribution in [3.05, 3.63) is 69.7 Å². The van der Waals surface area contributed by atoms with Crippen LogP contribution in [-0.2, 0) is 50.7 Å². The normalized spacial score (nSPS) is 18.9. The molecule has 7 atom stereocenters. The Morgan fingerprint density at radius 2 is 1.65 bits per heavy atom. The molecular formula is C39H49Cl3N9O20P3S. The third kappa shape index (κ3) is 18.7. The highest BCUT2D eigenvalue weighted by Gasteiger charge is 2.50. The van der Waals surface area contributed by atoms with E-state index in [9.17, 15) is 67.5 Å². The average molecular weight is 1200 g/mol. The summed E-state index contributed by atoms with van der Waals surface area (Å²) >= 11 is 19.1. The van der Waals surface area contributed by atoms with Gasteiger partial charge in [0.25, 0.3) is 5.91 Å². The number of carbonyl (C=O) groups is 5. The lowest BCUT2D eigenvalue weighted by molar-refractivity contribution is -0.137. The number of phosphoric ester groups is 3.